The second kappa shape index (κ2) is 6.13. The Bertz CT molecular complexity index is 713. The van der Waals surface area contributed by atoms with Crippen LogP contribution < -0.4 is 5.32 Å². The molecule has 0 bridgehead atoms. The molecular weight excluding hydrogens is 337 g/mol. The van der Waals surface area contributed by atoms with Crippen molar-refractivity contribution in [2.75, 3.05) is 12.4 Å². The van der Waals surface area contributed by atoms with Gasteiger partial charge in [-0.2, -0.15) is 13.2 Å². The number of para-hydroxylation sites is 1. The van der Waals surface area contributed by atoms with Gasteiger partial charge in [0.25, 0.3) is 5.60 Å². The number of benzene rings is 1. The van der Waals surface area contributed by atoms with Crippen molar-refractivity contribution in [3.63, 3.8) is 0 Å². The summed E-state index contributed by atoms with van der Waals surface area (Å²) in [5.41, 5.74) is -3.35. The van der Waals surface area contributed by atoms with Crippen LogP contribution in [-0.4, -0.2) is 40.9 Å². The SMILES string of the molecule is COC(=O)C(O)(CC(=O)Nc1nc2ccccc2s1)C(F)(F)F. The number of hydrogen-bond donors (Lipinski definition) is 2. The van der Waals surface area contributed by atoms with Gasteiger partial charge in [0.05, 0.1) is 23.7 Å². The van der Waals surface area contributed by atoms with E-state index < -0.39 is 30.1 Å². The highest BCUT2D eigenvalue weighted by Gasteiger charge is 2.61. The topological polar surface area (TPSA) is 88.5 Å². The molecule has 0 fully saturated rings. The smallest absolute Gasteiger partial charge is 0.428 e. The van der Waals surface area contributed by atoms with Crippen molar-refractivity contribution in [1.29, 1.82) is 0 Å². The first-order valence-corrected chi connectivity index (χ1v) is 7.02. The number of fused-ring (bicyclic) bond motifs is 1. The fourth-order valence-electron chi connectivity index (χ4n) is 1.78. The zero-order chi connectivity index (χ0) is 17.3. The van der Waals surface area contributed by atoms with Crippen LogP contribution in [0.4, 0.5) is 18.3 Å². The molecule has 0 saturated heterocycles. The Kier molecular flexibility index (Phi) is 4.57. The fraction of sp³-hybridized carbons (Fsp3) is 0.308. The highest BCUT2D eigenvalue weighted by atomic mass is 32.1. The molecule has 0 saturated carbocycles. The fourth-order valence-corrected chi connectivity index (χ4v) is 2.66. The summed E-state index contributed by atoms with van der Waals surface area (Å²) in [5, 5.41) is 11.7. The molecule has 2 rings (SSSR count). The molecule has 2 N–H and O–H groups in total. The molecule has 0 aliphatic rings. The lowest BCUT2D eigenvalue weighted by Crippen LogP contribution is -2.54. The summed E-state index contributed by atoms with van der Waals surface area (Å²) in [6.07, 6.45) is -6.88. The molecule has 1 atom stereocenters. The van der Waals surface area contributed by atoms with Gasteiger partial charge in [-0.1, -0.05) is 23.5 Å². The number of aromatic nitrogens is 1. The normalized spacial score (nSPS) is 14.3. The molecule has 0 aliphatic heterocycles. The van der Waals surface area contributed by atoms with Gasteiger partial charge >= 0.3 is 12.1 Å². The molecule has 124 valence electrons. The van der Waals surface area contributed by atoms with E-state index in [0.29, 0.717) is 12.6 Å². The predicted molar refractivity (Wildman–Crippen MR) is 75.9 cm³/mol. The van der Waals surface area contributed by atoms with Crippen LogP contribution in [0.25, 0.3) is 10.2 Å². The number of carbonyl (C=O) groups excluding carboxylic acids is 2. The van der Waals surface area contributed by atoms with E-state index in [1.807, 2.05) is 0 Å². The van der Waals surface area contributed by atoms with Gasteiger partial charge in [0, 0.05) is 0 Å². The Morgan fingerprint density at radius 1 is 1.35 bits per heavy atom. The summed E-state index contributed by atoms with van der Waals surface area (Å²) < 4.78 is 43.3. The van der Waals surface area contributed by atoms with E-state index in [1.54, 1.807) is 24.3 Å². The van der Waals surface area contributed by atoms with Crippen LogP contribution in [-0.2, 0) is 14.3 Å². The zero-order valence-electron chi connectivity index (χ0n) is 11.7. The number of esters is 1. The second-order valence-electron chi connectivity index (χ2n) is 4.56. The van der Waals surface area contributed by atoms with Gasteiger partial charge in [0.2, 0.25) is 5.91 Å². The van der Waals surface area contributed by atoms with Gasteiger partial charge in [-0.3, -0.25) is 4.79 Å². The van der Waals surface area contributed by atoms with Crippen molar-refractivity contribution < 1.29 is 32.6 Å². The number of amides is 1. The molecule has 0 radical (unpaired) electrons. The van der Waals surface area contributed by atoms with Crippen molar-refractivity contribution >= 4 is 38.6 Å². The molecule has 1 heterocycles. The lowest BCUT2D eigenvalue weighted by molar-refractivity contribution is -0.261. The maximum Gasteiger partial charge on any atom is 0.428 e. The number of carbonyl (C=O) groups is 2. The average Bonchev–Trinajstić information content (AvgIpc) is 2.86. The first kappa shape index (κ1) is 17.2. The van der Waals surface area contributed by atoms with Gasteiger partial charge in [0.15, 0.2) is 5.13 Å². The highest BCUT2D eigenvalue weighted by molar-refractivity contribution is 7.22. The third-order valence-electron chi connectivity index (χ3n) is 2.95. The van der Waals surface area contributed by atoms with Crippen LogP contribution >= 0.6 is 11.3 Å². The first-order valence-electron chi connectivity index (χ1n) is 6.20. The molecule has 2 aromatic rings. The molecule has 6 nitrogen and oxygen atoms in total. The third-order valence-corrected chi connectivity index (χ3v) is 3.90. The quantitative estimate of drug-likeness (QED) is 0.826. The minimum Gasteiger partial charge on any atom is -0.467 e. The predicted octanol–water partition coefficient (Wildman–Crippen LogP) is 2.09. The van der Waals surface area contributed by atoms with Crippen LogP contribution in [0.3, 0.4) is 0 Å². The van der Waals surface area contributed by atoms with Crippen molar-refractivity contribution in [1.82, 2.24) is 4.98 Å². The summed E-state index contributed by atoms with van der Waals surface area (Å²) >= 11 is 1.05. The monoisotopic (exact) mass is 348 g/mol. The lowest BCUT2D eigenvalue weighted by atomic mass is 9.99. The molecular formula is C13H11F3N2O4S. The lowest BCUT2D eigenvalue weighted by Gasteiger charge is -2.26. The highest BCUT2D eigenvalue weighted by Crippen LogP contribution is 2.35. The average molecular weight is 348 g/mol. The molecule has 10 heteroatoms. The van der Waals surface area contributed by atoms with Gasteiger partial charge < -0.3 is 15.2 Å². The van der Waals surface area contributed by atoms with E-state index >= 15 is 0 Å². The van der Waals surface area contributed by atoms with Crippen molar-refractivity contribution in [2.24, 2.45) is 0 Å². The minimum atomic E-state index is -5.36. The van der Waals surface area contributed by atoms with Crippen LogP contribution in [0.5, 0.6) is 0 Å². The number of aliphatic hydroxyl groups is 1. The molecule has 0 spiro atoms. The minimum absolute atomic E-state index is 0.0607. The third kappa shape index (κ3) is 3.42. The number of anilines is 1. The Morgan fingerprint density at radius 2 is 2.00 bits per heavy atom. The van der Waals surface area contributed by atoms with Crippen LogP contribution in [0, 0.1) is 0 Å². The van der Waals surface area contributed by atoms with Gasteiger partial charge in [-0.15, -0.1) is 0 Å². The molecule has 1 unspecified atom stereocenters. The molecule has 1 aromatic heterocycles. The number of alkyl halides is 3. The number of halogens is 3. The van der Waals surface area contributed by atoms with Crippen molar-refractivity contribution in [2.45, 2.75) is 18.2 Å². The summed E-state index contributed by atoms with van der Waals surface area (Å²) in [5.74, 6) is -3.17. The Hall–Kier alpha value is -2.20. The summed E-state index contributed by atoms with van der Waals surface area (Å²) in [7, 11) is 0.685. The first-order chi connectivity index (χ1) is 10.7. The van der Waals surface area contributed by atoms with Crippen molar-refractivity contribution in [3.05, 3.63) is 24.3 Å². The largest absolute Gasteiger partial charge is 0.467 e. The molecule has 23 heavy (non-hydrogen) atoms. The summed E-state index contributed by atoms with van der Waals surface area (Å²) in [6, 6.07) is 6.85. The van der Waals surface area contributed by atoms with E-state index in [-0.39, 0.29) is 5.13 Å². The van der Waals surface area contributed by atoms with Crippen LogP contribution in [0.1, 0.15) is 6.42 Å². The second-order valence-corrected chi connectivity index (χ2v) is 5.59. The maximum atomic E-state index is 12.9. The summed E-state index contributed by atoms with van der Waals surface area (Å²) in [6.45, 7) is 0. The molecule has 1 amide bonds. The zero-order valence-corrected chi connectivity index (χ0v) is 12.5. The van der Waals surface area contributed by atoms with Gasteiger partial charge in [0.1, 0.15) is 0 Å². The maximum absolute atomic E-state index is 12.9. The number of hydrogen-bond acceptors (Lipinski definition) is 6. The standard InChI is InChI=1S/C13H11F3N2O4S/c1-22-10(20)12(21,13(14,15)16)6-9(19)18-11-17-7-4-2-3-5-8(7)23-11/h2-5,21H,6H2,1H3,(H,17,18,19). The Balaban J connectivity index is 2.17. The Morgan fingerprint density at radius 3 is 2.57 bits per heavy atom. The van der Waals surface area contributed by atoms with Gasteiger partial charge in [-0.25, -0.2) is 9.78 Å². The van der Waals surface area contributed by atoms with Crippen LogP contribution in [0.15, 0.2) is 24.3 Å². The summed E-state index contributed by atoms with van der Waals surface area (Å²) in [4.78, 5) is 27.0. The number of rotatable bonds is 4. The number of ether oxygens (including phenoxy) is 1. The van der Waals surface area contributed by atoms with Crippen molar-refractivity contribution in [3.8, 4) is 0 Å². The van der Waals surface area contributed by atoms with Crippen LogP contribution in [0.2, 0.25) is 0 Å². The number of nitrogens with one attached hydrogen (secondary N) is 1. The van der Waals surface area contributed by atoms with E-state index in [4.69, 9.17) is 0 Å². The Labute approximate surface area is 131 Å². The van der Waals surface area contributed by atoms with E-state index in [1.165, 1.54) is 0 Å². The molecule has 1 aromatic carbocycles. The van der Waals surface area contributed by atoms with Gasteiger partial charge in [-0.05, 0) is 12.1 Å². The van der Waals surface area contributed by atoms with E-state index in [2.05, 4.69) is 15.0 Å². The van der Waals surface area contributed by atoms with E-state index in [9.17, 15) is 27.9 Å². The number of nitrogens with zero attached hydrogens (tertiary/aromatic N) is 1. The number of methoxy groups -OCH3 is 1. The van der Waals surface area contributed by atoms with E-state index in [0.717, 1.165) is 16.0 Å². The number of thiazole rings is 1. The molecule has 0 aliphatic carbocycles.